The molecule has 2 aromatic rings. The Labute approximate surface area is 124 Å². The van der Waals surface area contributed by atoms with Crippen molar-refractivity contribution in [3.05, 3.63) is 48.8 Å². The van der Waals surface area contributed by atoms with Crippen LogP contribution in [0.3, 0.4) is 0 Å². The summed E-state index contributed by atoms with van der Waals surface area (Å²) in [6.07, 6.45) is -0.129. The van der Waals surface area contributed by atoms with Crippen molar-refractivity contribution in [1.29, 1.82) is 0 Å². The Hall–Kier alpha value is -0.420. The highest BCUT2D eigenvalue weighted by Gasteiger charge is 2.16. The van der Waals surface area contributed by atoms with Crippen LogP contribution in [0, 0.1) is 13.8 Å². The summed E-state index contributed by atoms with van der Waals surface area (Å²) in [5, 5.41) is 11.7. The Morgan fingerprint density at radius 3 is 2.78 bits per heavy atom. The molecule has 0 bridgehead atoms. The van der Waals surface area contributed by atoms with Crippen molar-refractivity contribution in [1.82, 2.24) is 4.98 Å². The van der Waals surface area contributed by atoms with Gasteiger partial charge in [-0.1, -0.05) is 23.7 Å². The molecule has 1 N–H and O–H groups in total. The standard InChI is InChI=1S/C13H13BrClNOS/c1-7-8(2)18-12(16-7)6-11(17)9-4-3-5-10(14)13(9)15/h3-5,11,17H,6H2,1-2H3. The summed E-state index contributed by atoms with van der Waals surface area (Å²) < 4.78 is 0.798. The van der Waals surface area contributed by atoms with E-state index < -0.39 is 6.10 Å². The molecule has 1 heterocycles. The number of thiazole rings is 1. The van der Waals surface area contributed by atoms with Gasteiger partial charge in [0, 0.05) is 21.3 Å². The molecule has 0 radical (unpaired) electrons. The number of benzene rings is 1. The summed E-state index contributed by atoms with van der Waals surface area (Å²) in [5.41, 5.74) is 1.76. The highest BCUT2D eigenvalue weighted by atomic mass is 79.9. The maximum Gasteiger partial charge on any atom is 0.0960 e. The molecular weight excluding hydrogens is 334 g/mol. The lowest BCUT2D eigenvalue weighted by Crippen LogP contribution is -2.02. The van der Waals surface area contributed by atoms with Gasteiger partial charge in [0.05, 0.1) is 21.8 Å². The highest BCUT2D eigenvalue weighted by Crippen LogP contribution is 2.32. The zero-order valence-corrected chi connectivity index (χ0v) is 13.2. The average molecular weight is 347 g/mol. The smallest absolute Gasteiger partial charge is 0.0960 e. The number of hydrogen-bond acceptors (Lipinski definition) is 3. The third-order valence-electron chi connectivity index (χ3n) is 2.78. The second-order valence-corrected chi connectivity index (χ2v) is 6.63. The number of aryl methyl sites for hydroxylation is 2. The fourth-order valence-corrected chi connectivity index (χ4v) is 3.28. The molecule has 1 atom stereocenters. The summed E-state index contributed by atoms with van der Waals surface area (Å²) in [5.74, 6) is 0. The maximum absolute atomic E-state index is 10.2. The van der Waals surface area contributed by atoms with Crippen molar-refractivity contribution < 1.29 is 5.11 Å². The van der Waals surface area contributed by atoms with Crippen LogP contribution in [0.15, 0.2) is 22.7 Å². The first-order valence-corrected chi connectivity index (χ1v) is 7.52. The van der Waals surface area contributed by atoms with E-state index in [1.54, 1.807) is 11.3 Å². The quantitative estimate of drug-likeness (QED) is 0.890. The minimum Gasteiger partial charge on any atom is -0.388 e. The first-order valence-electron chi connectivity index (χ1n) is 5.54. The number of rotatable bonds is 3. The van der Waals surface area contributed by atoms with Crippen LogP contribution >= 0.6 is 38.9 Å². The Balaban J connectivity index is 2.21. The van der Waals surface area contributed by atoms with Gasteiger partial charge in [-0.15, -0.1) is 11.3 Å². The van der Waals surface area contributed by atoms with Crippen molar-refractivity contribution in [2.24, 2.45) is 0 Å². The molecule has 0 aliphatic rings. The lowest BCUT2D eigenvalue weighted by atomic mass is 10.1. The summed E-state index contributed by atoms with van der Waals surface area (Å²) >= 11 is 11.1. The van der Waals surface area contributed by atoms with Crippen molar-refractivity contribution in [3.8, 4) is 0 Å². The van der Waals surface area contributed by atoms with E-state index in [-0.39, 0.29) is 0 Å². The van der Waals surface area contributed by atoms with Crippen LogP contribution < -0.4 is 0 Å². The second-order valence-electron chi connectivity index (χ2n) is 4.11. The molecule has 1 unspecified atom stereocenters. The largest absolute Gasteiger partial charge is 0.388 e. The topological polar surface area (TPSA) is 33.1 Å². The molecule has 0 fully saturated rings. The molecular formula is C13H13BrClNOS. The van der Waals surface area contributed by atoms with Gasteiger partial charge in [0.15, 0.2) is 0 Å². The van der Waals surface area contributed by atoms with E-state index in [1.807, 2.05) is 32.0 Å². The Kier molecular flexibility index (Phi) is 4.43. The number of aromatic nitrogens is 1. The van der Waals surface area contributed by atoms with E-state index in [2.05, 4.69) is 20.9 Å². The van der Waals surface area contributed by atoms with Gasteiger partial charge in [0.1, 0.15) is 0 Å². The molecule has 0 aliphatic heterocycles. The van der Waals surface area contributed by atoms with Crippen molar-refractivity contribution in [2.75, 3.05) is 0 Å². The summed E-state index contributed by atoms with van der Waals surface area (Å²) in [4.78, 5) is 5.62. The van der Waals surface area contributed by atoms with Gasteiger partial charge < -0.3 is 5.11 Å². The molecule has 0 saturated heterocycles. The SMILES string of the molecule is Cc1nc(CC(O)c2cccc(Br)c2Cl)sc1C. The normalized spacial score (nSPS) is 12.7. The molecule has 1 aromatic heterocycles. The summed E-state index contributed by atoms with van der Waals surface area (Å²) in [6.45, 7) is 4.02. The molecule has 0 amide bonds. The Bertz CT molecular complexity index is 551. The molecule has 0 spiro atoms. The molecule has 18 heavy (non-hydrogen) atoms. The van der Waals surface area contributed by atoms with Gasteiger partial charge in [-0.25, -0.2) is 4.98 Å². The van der Waals surface area contributed by atoms with E-state index in [0.717, 1.165) is 20.7 Å². The van der Waals surface area contributed by atoms with Gasteiger partial charge in [-0.3, -0.25) is 0 Å². The van der Waals surface area contributed by atoms with Crippen LogP contribution in [0.2, 0.25) is 5.02 Å². The van der Waals surface area contributed by atoms with E-state index in [4.69, 9.17) is 11.6 Å². The average Bonchev–Trinajstić information content (AvgIpc) is 2.61. The fraction of sp³-hybridized carbons (Fsp3) is 0.308. The van der Waals surface area contributed by atoms with Gasteiger partial charge in [0.2, 0.25) is 0 Å². The summed E-state index contributed by atoms with van der Waals surface area (Å²) in [7, 11) is 0. The van der Waals surface area contributed by atoms with Crippen LogP contribution in [0.5, 0.6) is 0 Å². The monoisotopic (exact) mass is 345 g/mol. The highest BCUT2D eigenvalue weighted by molar-refractivity contribution is 9.10. The van der Waals surface area contributed by atoms with Gasteiger partial charge >= 0.3 is 0 Å². The van der Waals surface area contributed by atoms with Gasteiger partial charge in [0.25, 0.3) is 0 Å². The molecule has 0 saturated carbocycles. The first-order chi connectivity index (χ1) is 8.49. The zero-order chi connectivity index (χ0) is 13.3. The Morgan fingerprint density at radius 2 is 2.17 bits per heavy atom. The summed E-state index contributed by atoms with van der Waals surface area (Å²) in [6, 6.07) is 5.56. The van der Waals surface area contributed by atoms with Crippen LogP contribution in [-0.4, -0.2) is 10.1 Å². The maximum atomic E-state index is 10.2. The van der Waals surface area contributed by atoms with Crippen LogP contribution in [0.25, 0.3) is 0 Å². The van der Waals surface area contributed by atoms with Crippen molar-refractivity contribution >= 4 is 38.9 Å². The Morgan fingerprint density at radius 1 is 1.44 bits per heavy atom. The van der Waals surface area contributed by atoms with E-state index in [0.29, 0.717) is 11.4 Å². The van der Waals surface area contributed by atoms with Crippen molar-refractivity contribution in [2.45, 2.75) is 26.4 Å². The second kappa shape index (κ2) is 5.70. The van der Waals surface area contributed by atoms with Crippen LogP contribution in [0.4, 0.5) is 0 Å². The van der Waals surface area contributed by atoms with Crippen LogP contribution in [-0.2, 0) is 6.42 Å². The molecule has 2 rings (SSSR count). The predicted molar refractivity (Wildman–Crippen MR) is 79.4 cm³/mol. The lowest BCUT2D eigenvalue weighted by Gasteiger charge is -2.12. The third-order valence-corrected chi connectivity index (χ3v) is 5.19. The first kappa shape index (κ1) is 14.0. The van der Waals surface area contributed by atoms with E-state index in [9.17, 15) is 5.11 Å². The van der Waals surface area contributed by atoms with E-state index in [1.165, 1.54) is 4.88 Å². The number of hydrogen-bond donors (Lipinski definition) is 1. The molecule has 0 aliphatic carbocycles. The molecule has 2 nitrogen and oxygen atoms in total. The number of aliphatic hydroxyl groups excluding tert-OH is 1. The van der Waals surface area contributed by atoms with E-state index >= 15 is 0 Å². The molecule has 96 valence electrons. The van der Waals surface area contributed by atoms with Crippen molar-refractivity contribution in [3.63, 3.8) is 0 Å². The number of aliphatic hydroxyl groups is 1. The third kappa shape index (κ3) is 2.94. The minimum absolute atomic E-state index is 0.496. The molecule has 5 heteroatoms. The fourth-order valence-electron chi connectivity index (χ4n) is 1.68. The molecule has 1 aromatic carbocycles. The number of nitrogens with zero attached hydrogens (tertiary/aromatic N) is 1. The van der Waals surface area contributed by atoms with Gasteiger partial charge in [-0.05, 0) is 35.8 Å². The minimum atomic E-state index is -0.625. The van der Waals surface area contributed by atoms with Gasteiger partial charge in [-0.2, -0.15) is 0 Å². The predicted octanol–water partition coefficient (Wildman–Crippen LogP) is 4.45. The number of halogens is 2. The zero-order valence-electron chi connectivity index (χ0n) is 10.1. The lowest BCUT2D eigenvalue weighted by molar-refractivity contribution is 0.178. The van der Waals surface area contributed by atoms with Crippen LogP contribution in [0.1, 0.15) is 27.2 Å².